The zero-order valence-electron chi connectivity index (χ0n) is 19.0. The van der Waals surface area contributed by atoms with Gasteiger partial charge in [0.2, 0.25) is 0 Å². The average Bonchev–Trinajstić information content (AvgIpc) is 3.30. The summed E-state index contributed by atoms with van der Waals surface area (Å²) in [7, 11) is 0. The number of carbonyl (C=O) groups is 1. The van der Waals surface area contributed by atoms with Crippen LogP contribution in [0.1, 0.15) is 78.7 Å². The highest BCUT2D eigenvalue weighted by Crippen LogP contribution is 2.65. The Morgan fingerprint density at radius 3 is 2.48 bits per heavy atom. The minimum Gasteiger partial charge on any atom is -0.333 e. The lowest BCUT2D eigenvalue weighted by atomic mass is 9.69. The molecule has 2 amide bonds. The molecular weight excluding hydrogens is 358 g/mol. The van der Waals surface area contributed by atoms with Crippen LogP contribution in [0.25, 0.3) is 0 Å². The third kappa shape index (κ3) is 3.10. The van der Waals surface area contributed by atoms with Crippen molar-refractivity contribution in [3.05, 3.63) is 35.9 Å². The Hall–Kier alpha value is -1.84. The molecule has 4 atom stereocenters. The molecule has 1 heterocycles. The van der Waals surface area contributed by atoms with Gasteiger partial charge < -0.3 is 5.32 Å². The minimum atomic E-state index is -0.0318. The molecule has 1 aromatic carbocycles. The Kier molecular flexibility index (Phi) is 4.83. The van der Waals surface area contributed by atoms with Crippen LogP contribution in [0.3, 0.4) is 0 Å². The Bertz CT molecular complexity index is 813. The van der Waals surface area contributed by atoms with Crippen molar-refractivity contribution in [2.75, 3.05) is 6.54 Å². The molecule has 4 nitrogen and oxygen atoms in total. The number of amides is 2. The smallest absolute Gasteiger partial charge is 0.333 e. The molecule has 29 heavy (non-hydrogen) atoms. The van der Waals surface area contributed by atoms with Gasteiger partial charge in [-0.1, -0.05) is 71.9 Å². The van der Waals surface area contributed by atoms with Crippen LogP contribution in [-0.2, 0) is 0 Å². The SMILES string of the molecule is CCC(C)(C)C1=NN(C(=O)N[C@H]2C[C@H]3CC[C@]2(C)C3(C)C)CC1c1ccccc1. The van der Waals surface area contributed by atoms with E-state index in [0.717, 1.165) is 18.6 Å². The van der Waals surface area contributed by atoms with Gasteiger partial charge in [0.1, 0.15) is 0 Å². The van der Waals surface area contributed by atoms with Crippen LogP contribution in [0.4, 0.5) is 4.79 Å². The number of rotatable bonds is 4. The fourth-order valence-electron chi connectivity index (χ4n) is 6.01. The number of urea groups is 1. The normalized spacial score (nSPS) is 33.1. The van der Waals surface area contributed by atoms with Gasteiger partial charge in [-0.15, -0.1) is 0 Å². The predicted octanol–water partition coefficient (Wildman–Crippen LogP) is 5.80. The van der Waals surface area contributed by atoms with Crippen LogP contribution >= 0.6 is 0 Å². The molecule has 3 aliphatic rings. The molecular formula is C25H37N3O. The lowest BCUT2D eigenvalue weighted by Crippen LogP contribution is -2.50. The van der Waals surface area contributed by atoms with E-state index in [2.05, 4.69) is 71.1 Å². The number of nitrogens with one attached hydrogen (secondary N) is 1. The third-order valence-corrected chi connectivity index (χ3v) is 9.02. The fourth-order valence-corrected chi connectivity index (χ4v) is 6.01. The van der Waals surface area contributed by atoms with Crippen molar-refractivity contribution in [2.45, 2.75) is 79.2 Å². The Morgan fingerprint density at radius 1 is 1.24 bits per heavy atom. The maximum Gasteiger partial charge on any atom is 0.338 e. The monoisotopic (exact) mass is 395 g/mol. The first kappa shape index (κ1) is 20.4. The summed E-state index contributed by atoms with van der Waals surface area (Å²) in [5.74, 6) is 0.885. The van der Waals surface area contributed by atoms with Crippen molar-refractivity contribution >= 4 is 11.7 Å². The predicted molar refractivity (Wildman–Crippen MR) is 119 cm³/mol. The fraction of sp³-hybridized carbons (Fsp3) is 0.680. The van der Waals surface area contributed by atoms with Crippen molar-refractivity contribution in [3.63, 3.8) is 0 Å². The summed E-state index contributed by atoms with van der Waals surface area (Å²) < 4.78 is 0. The largest absolute Gasteiger partial charge is 0.338 e. The molecule has 4 heteroatoms. The molecule has 4 rings (SSSR count). The molecule has 0 saturated heterocycles. The van der Waals surface area contributed by atoms with Crippen LogP contribution in [0.15, 0.2) is 35.4 Å². The molecule has 1 unspecified atom stereocenters. The summed E-state index contributed by atoms with van der Waals surface area (Å²) in [5.41, 5.74) is 2.81. The molecule has 2 saturated carbocycles. The Labute approximate surface area is 176 Å². The van der Waals surface area contributed by atoms with Gasteiger partial charge in [-0.05, 0) is 48.0 Å². The lowest BCUT2D eigenvalue weighted by molar-refractivity contribution is 0.118. The first-order valence-corrected chi connectivity index (χ1v) is 11.3. The van der Waals surface area contributed by atoms with Gasteiger partial charge in [0.15, 0.2) is 0 Å². The summed E-state index contributed by atoms with van der Waals surface area (Å²) in [5, 5.41) is 9.98. The zero-order valence-corrected chi connectivity index (χ0v) is 19.0. The van der Waals surface area contributed by atoms with E-state index in [1.807, 2.05) is 6.07 Å². The molecule has 0 aromatic heterocycles. The highest BCUT2D eigenvalue weighted by atomic mass is 16.2. The Balaban J connectivity index is 1.55. The number of hydrazone groups is 1. The quantitative estimate of drug-likeness (QED) is 0.688. The van der Waals surface area contributed by atoms with E-state index in [1.54, 1.807) is 5.01 Å². The Morgan fingerprint density at radius 2 is 1.93 bits per heavy atom. The first-order valence-electron chi connectivity index (χ1n) is 11.3. The van der Waals surface area contributed by atoms with Crippen LogP contribution < -0.4 is 5.32 Å². The van der Waals surface area contributed by atoms with Gasteiger partial charge in [0.05, 0.1) is 12.3 Å². The maximum absolute atomic E-state index is 13.3. The first-order chi connectivity index (χ1) is 13.6. The number of hydrogen-bond acceptors (Lipinski definition) is 2. The lowest BCUT2D eigenvalue weighted by Gasteiger charge is -2.39. The van der Waals surface area contributed by atoms with E-state index >= 15 is 0 Å². The number of benzene rings is 1. The van der Waals surface area contributed by atoms with Crippen LogP contribution in [0.2, 0.25) is 0 Å². The van der Waals surface area contributed by atoms with E-state index in [1.165, 1.54) is 18.4 Å². The van der Waals surface area contributed by atoms with Crippen LogP contribution in [0, 0.1) is 22.2 Å². The molecule has 158 valence electrons. The van der Waals surface area contributed by atoms with E-state index < -0.39 is 0 Å². The van der Waals surface area contributed by atoms with Gasteiger partial charge in [-0.3, -0.25) is 0 Å². The van der Waals surface area contributed by atoms with E-state index in [-0.39, 0.29) is 28.8 Å². The number of nitrogens with zero attached hydrogens (tertiary/aromatic N) is 2. The second-order valence-corrected chi connectivity index (χ2v) is 10.9. The van der Waals surface area contributed by atoms with Crippen molar-refractivity contribution in [2.24, 2.45) is 27.3 Å². The minimum absolute atomic E-state index is 0.0255. The number of fused-ring (bicyclic) bond motifs is 2. The molecule has 2 fully saturated rings. The molecule has 0 radical (unpaired) electrons. The van der Waals surface area contributed by atoms with E-state index in [4.69, 9.17) is 5.10 Å². The van der Waals surface area contributed by atoms with Gasteiger partial charge in [0, 0.05) is 17.4 Å². The highest BCUT2D eigenvalue weighted by molar-refractivity contribution is 5.98. The van der Waals surface area contributed by atoms with Gasteiger partial charge in [-0.25, -0.2) is 9.80 Å². The maximum atomic E-state index is 13.3. The van der Waals surface area contributed by atoms with E-state index in [0.29, 0.717) is 17.9 Å². The molecule has 1 N–H and O–H groups in total. The third-order valence-electron chi connectivity index (χ3n) is 9.02. The van der Waals surface area contributed by atoms with Crippen LogP contribution in [0.5, 0.6) is 0 Å². The second kappa shape index (κ2) is 6.85. The van der Waals surface area contributed by atoms with Gasteiger partial charge in [0.25, 0.3) is 0 Å². The second-order valence-electron chi connectivity index (χ2n) is 10.9. The molecule has 2 bridgehead atoms. The molecule has 0 spiro atoms. The summed E-state index contributed by atoms with van der Waals surface area (Å²) in [6.07, 6.45) is 4.60. The van der Waals surface area contributed by atoms with Crippen molar-refractivity contribution in [3.8, 4) is 0 Å². The summed E-state index contributed by atoms with van der Waals surface area (Å²) in [4.78, 5) is 13.3. The summed E-state index contributed by atoms with van der Waals surface area (Å²) in [6.45, 7) is 14.5. The summed E-state index contributed by atoms with van der Waals surface area (Å²) in [6, 6.07) is 10.7. The molecule has 1 aliphatic heterocycles. The standard InChI is InChI=1S/C25H37N3O/c1-7-23(2,3)21-19(17-11-9-8-10-12-17)16-28(27-21)22(29)26-20-15-18-13-14-25(20,6)24(18,4)5/h8-12,18-20H,7,13-16H2,1-6H3,(H,26,29)/t18-,19?,20+,25+/m1/s1. The van der Waals surface area contributed by atoms with Gasteiger partial charge in [-0.2, -0.15) is 5.10 Å². The van der Waals surface area contributed by atoms with Crippen molar-refractivity contribution in [1.29, 1.82) is 0 Å². The highest BCUT2D eigenvalue weighted by Gasteiger charge is 2.61. The van der Waals surface area contributed by atoms with Crippen LogP contribution in [-0.4, -0.2) is 29.3 Å². The van der Waals surface area contributed by atoms with Crippen molar-refractivity contribution < 1.29 is 4.79 Å². The topological polar surface area (TPSA) is 44.7 Å². The van der Waals surface area contributed by atoms with E-state index in [9.17, 15) is 4.79 Å². The number of carbonyl (C=O) groups excluding carboxylic acids is 1. The number of hydrogen-bond donors (Lipinski definition) is 1. The summed E-state index contributed by atoms with van der Waals surface area (Å²) >= 11 is 0. The average molecular weight is 396 g/mol. The molecule has 1 aromatic rings. The molecule has 2 aliphatic carbocycles. The van der Waals surface area contributed by atoms with Gasteiger partial charge >= 0.3 is 6.03 Å². The zero-order chi connectivity index (χ0) is 21.0. The van der Waals surface area contributed by atoms with Crippen molar-refractivity contribution in [1.82, 2.24) is 10.3 Å².